The van der Waals surface area contributed by atoms with Gasteiger partial charge in [0.25, 0.3) is 0 Å². The first-order chi connectivity index (χ1) is 11.6. The van der Waals surface area contributed by atoms with Crippen LogP contribution in [-0.2, 0) is 23.0 Å². The average Bonchev–Trinajstić information content (AvgIpc) is 3.22. The highest BCUT2D eigenvalue weighted by atomic mass is 16.5. The van der Waals surface area contributed by atoms with Gasteiger partial charge in [-0.1, -0.05) is 6.07 Å². The molecular weight excluding hydrogens is 302 g/mol. The average molecular weight is 329 g/mol. The molecule has 1 heterocycles. The van der Waals surface area contributed by atoms with Crippen LogP contribution in [0.4, 0.5) is 0 Å². The maximum Gasteiger partial charge on any atom is 0.122 e. The molecule has 4 rings (SSSR count). The van der Waals surface area contributed by atoms with E-state index in [0.717, 1.165) is 63.7 Å². The highest BCUT2D eigenvalue weighted by Crippen LogP contribution is 2.49. The summed E-state index contributed by atoms with van der Waals surface area (Å²) < 4.78 is 11.8. The molecule has 4 heteroatoms. The van der Waals surface area contributed by atoms with Crippen molar-refractivity contribution in [3.63, 3.8) is 0 Å². The molecule has 2 fully saturated rings. The van der Waals surface area contributed by atoms with Gasteiger partial charge in [0, 0.05) is 36.6 Å². The largest absolute Gasteiger partial charge is 0.496 e. The fourth-order valence-corrected chi connectivity index (χ4v) is 5.07. The third kappa shape index (κ3) is 2.39. The first-order valence-corrected chi connectivity index (χ1v) is 9.14. The lowest BCUT2D eigenvalue weighted by Gasteiger charge is -2.37. The van der Waals surface area contributed by atoms with E-state index in [1.165, 1.54) is 16.7 Å². The molecule has 1 spiro atoms. The summed E-state index contributed by atoms with van der Waals surface area (Å²) in [6.45, 7) is 0.855. The Labute approximate surface area is 143 Å². The summed E-state index contributed by atoms with van der Waals surface area (Å²) in [7, 11) is 1.74. The van der Waals surface area contributed by atoms with Gasteiger partial charge in [-0.05, 0) is 55.7 Å². The van der Waals surface area contributed by atoms with Crippen molar-refractivity contribution >= 4 is 6.21 Å². The second kappa shape index (κ2) is 5.85. The van der Waals surface area contributed by atoms with Crippen LogP contribution < -0.4 is 4.74 Å². The number of hydrogen-bond donors (Lipinski definition) is 2. The van der Waals surface area contributed by atoms with Gasteiger partial charge < -0.3 is 20.0 Å². The summed E-state index contributed by atoms with van der Waals surface area (Å²) in [6, 6.07) is 4.23. The van der Waals surface area contributed by atoms with Gasteiger partial charge in [0.05, 0.1) is 18.8 Å². The number of methoxy groups -OCH3 is 1. The van der Waals surface area contributed by atoms with E-state index in [0.29, 0.717) is 0 Å². The number of hydrogen-bond acceptors (Lipinski definition) is 4. The summed E-state index contributed by atoms with van der Waals surface area (Å²) in [6.07, 6.45) is 8.77. The monoisotopic (exact) mass is 329 g/mol. The molecule has 2 N–H and O–H groups in total. The van der Waals surface area contributed by atoms with Crippen LogP contribution in [0.2, 0.25) is 0 Å². The zero-order valence-electron chi connectivity index (χ0n) is 14.4. The van der Waals surface area contributed by atoms with Crippen molar-refractivity contribution in [3.05, 3.63) is 28.8 Å². The van der Waals surface area contributed by atoms with Gasteiger partial charge in [-0.3, -0.25) is 0 Å². The number of fused-ring (bicyclic) bond motifs is 1. The Kier molecular flexibility index (Phi) is 3.92. The van der Waals surface area contributed by atoms with Gasteiger partial charge >= 0.3 is 0 Å². The van der Waals surface area contributed by atoms with E-state index in [2.05, 4.69) is 12.1 Å². The summed E-state index contributed by atoms with van der Waals surface area (Å²) in [5.41, 5.74) is 3.61. The van der Waals surface area contributed by atoms with E-state index >= 15 is 0 Å². The molecule has 1 aromatic rings. The maximum atomic E-state index is 9.91. The second-order valence-corrected chi connectivity index (χ2v) is 7.79. The fourth-order valence-electron chi connectivity index (χ4n) is 5.07. The molecule has 1 aromatic carbocycles. The zero-order valence-corrected chi connectivity index (χ0v) is 14.4. The van der Waals surface area contributed by atoms with Crippen molar-refractivity contribution in [1.82, 2.24) is 0 Å². The lowest BCUT2D eigenvalue weighted by molar-refractivity contribution is 0.0130. The number of ether oxygens (including phenoxy) is 2. The van der Waals surface area contributed by atoms with Crippen molar-refractivity contribution in [1.29, 1.82) is 5.41 Å². The molecule has 4 nitrogen and oxygen atoms in total. The van der Waals surface area contributed by atoms with Gasteiger partial charge in [-0.25, -0.2) is 0 Å². The Bertz CT molecular complexity index is 641. The number of nitrogens with one attached hydrogen (secondary N) is 1. The molecule has 1 aliphatic heterocycles. The number of aliphatic hydroxyl groups excluding tert-OH is 1. The van der Waals surface area contributed by atoms with Gasteiger partial charge in [-0.15, -0.1) is 0 Å². The predicted molar refractivity (Wildman–Crippen MR) is 93.3 cm³/mol. The summed E-state index contributed by atoms with van der Waals surface area (Å²) in [5, 5.41) is 18.1. The number of benzene rings is 1. The Hall–Kier alpha value is -1.39. The van der Waals surface area contributed by atoms with E-state index in [9.17, 15) is 5.11 Å². The molecule has 0 amide bonds. The van der Waals surface area contributed by atoms with Crippen LogP contribution in [0.3, 0.4) is 0 Å². The normalized spacial score (nSPS) is 35.2. The van der Waals surface area contributed by atoms with E-state index in [4.69, 9.17) is 14.9 Å². The summed E-state index contributed by atoms with van der Waals surface area (Å²) >= 11 is 0. The molecular formula is C20H27NO3. The predicted octanol–water partition coefficient (Wildman–Crippen LogP) is 3.17. The van der Waals surface area contributed by atoms with E-state index in [-0.39, 0.29) is 17.1 Å². The van der Waals surface area contributed by atoms with Gasteiger partial charge in [0.15, 0.2) is 0 Å². The van der Waals surface area contributed by atoms with Gasteiger partial charge in [0.2, 0.25) is 0 Å². The van der Waals surface area contributed by atoms with Crippen molar-refractivity contribution in [3.8, 4) is 5.75 Å². The molecule has 24 heavy (non-hydrogen) atoms. The smallest absolute Gasteiger partial charge is 0.122 e. The van der Waals surface area contributed by atoms with Crippen molar-refractivity contribution in [2.45, 2.75) is 68.5 Å². The van der Waals surface area contributed by atoms with Crippen LogP contribution in [0.1, 0.15) is 55.2 Å². The second-order valence-electron chi connectivity index (χ2n) is 7.79. The van der Waals surface area contributed by atoms with Gasteiger partial charge in [0.1, 0.15) is 5.75 Å². The van der Waals surface area contributed by atoms with Gasteiger partial charge in [-0.2, -0.15) is 0 Å². The quantitative estimate of drug-likeness (QED) is 0.837. The van der Waals surface area contributed by atoms with Crippen LogP contribution in [-0.4, -0.2) is 36.7 Å². The standard InChI is InChI=1S/C20H27NO3/c1-23-18-4-3-17(19(13-21)8-5-14(22)6-9-19)15-11-20(12-16(15)18)7-2-10-24-20/h3-4,13-14,21-22H,2,5-12H2,1H3. The topological polar surface area (TPSA) is 62.5 Å². The molecule has 0 radical (unpaired) electrons. The molecule has 1 saturated heterocycles. The highest BCUT2D eigenvalue weighted by Gasteiger charge is 2.46. The minimum Gasteiger partial charge on any atom is -0.496 e. The third-order valence-corrected chi connectivity index (χ3v) is 6.45. The SMILES string of the molecule is COc1ccc(C2(C=N)CCC(O)CC2)c2c1CC1(CCCO1)C2. The Morgan fingerprint density at radius 1 is 1.21 bits per heavy atom. The van der Waals surface area contributed by atoms with E-state index in [1.807, 2.05) is 0 Å². The third-order valence-electron chi connectivity index (χ3n) is 6.45. The van der Waals surface area contributed by atoms with Crippen molar-refractivity contribution in [2.75, 3.05) is 13.7 Å². The van der Waals surface area contributed by atoms with Crippen LogP contribution in [0.5, 0.6) is 5.75 Å². The first-order valence-electron chi connectivity index (χ1n) is 9.14. The fraction of sp³-hybridized carbons (Fsp3) is 0.650. The molecule has 1 unspecified atom stereocenters. The zero-order chi connectivity index (χ0) is 16.8. The molecule has 1 saturated carbocycles. The minimum atomic E-state index is -0.236. The summed E-state index contributed by atoms with van der Waals surface area (Å²) in [5.74, 6) is 0.956. The van der Waals surface area contributed by atoms with Crippen LogP contribution in [0.15, 0.2) is 12.1 Å². The van der Waals surface area contributed by atoms with Crippen LogP contribution in [0, 0.1) is 5.41 Å². The lowest BCUT2D eigenvalue weighted by atomic mass is 9.67. The molecule has 3 aliphatic rings. The van der Waals surface area contributed by atoms with Crippen LogP contribution in [0.25, 0.3) is 0 Å². The Morgan fingerprint density at radius 2 is 1.96 bits per heavy atom. The highest BCUT2D eigenvalue weighted by molar-refractivity contribution is 5.73. The molecule has 0 bridgehead atoms. The van der Waals surface area contributed by atoms with E-state index in [1.54, 1.807) is 13.3 Å². The number of rotatable bonds is 3. The lowest BCUT2D eigenvalue weighted by Crippen LogP contribution is -2.36. The maximum absolute atomic E-state index is 9.91. The molecule has 1 atom stereocenters. The van der Waals surface area contributed by atoms with E-state index < -0.39 is 0 Å². The molecule has 130 valence electrons. The van der Waals surface area contributed by atoms with Crippen molar-refractivity contribution < 1.29 is 14.6 Å². The van der Waals surface area contributed by atoms with Crippen LogP contribution >= 0.6 is 0 Å². The van der Waals surface area contributed by atoms with Crippen molar-refractivity contribution in [2.24, 2.45) is 0 Å². The molecule has 2 aliphatic carbocycles. The molecule has 0 aromatic heterocycles. The first kappa shape index (κ1) is 16.1. The number of aliphatic hydroxyl groups is 1. The minimum absolute atomic E-state index is 0.0525. The Balaban J connectivity index is 1.78. The summed E-state index contributed by atoms with van der Waals surface area (Å²) in [4.78, 5) is 0. The Morgan fingerprint density at radius 3 is 2.58 bits per heavy atom.